The molecule has 11 heavy (non-hydrogen) atoms. The summed E-state index contributed by atoms with van der Waals surface area (Å²) in [5.74, 6) is -0.190. The number of fused-ring (bicyclic) bond motifs is 1. The molecule has 0 unspecified atom stereocenters. The van der Waals surface area contributed by atoms with E-state index in [0.717, 1.165) is 25.8 Å². The molecule has 0 aromatic rings. The van der Waals surface area contributed by atoms with Gasteiger partial charge in [0.25, 0.3) is 0 Å². The zero-order valence-corrected chi connectivity index (χ0v) is 6.47. The molecule has 0 aromatic heterocycles. The normalized spacial score (nSPS) is 42.4. The molecule has 3 nitrogen and oxygen atoms in total. The van der Waals surface area contributed by atoms with E-state index in [9.17, 15) is 4.79 Å². The van der Waals surface area contributed by atoms with E-state index in [1.165, 1.54) is 0 Å². The fraction of sp³-hybridized carbons (Fsp3) is 0.875. The predicted molar refractivity (Wildman–Crippen MR) is 40.3 cm³/mol. The fourth-order valence-electron chi connectivity index (χ4n) is 2.50. The molecular weight excluding hydrogens is 142 g/mol. The number of hydrogen-bond donors (Lipinski definition) is 2. The molecule has 1 aliphatic carbocycles. The third-order valence-corrected chi connectivity index (χ3v) is 3.21. The monoisotopic (exact) mass is 155 g/mol. The minimum Gasteiger partial charge on any atom is -0.481 e. The highest BCUT2D eigenvalue weighted by atomic mass is 16.4. The van der Waals surface area contributed by atoms with Crippen LogP contribution in [0.1, 0.15) is 19.3 Å². The topological polar surface area (TPSA) is 49.3 Å². The van der Waals surface area contributed by atoms with Crippen LogP contribution >= 0.6 is 0 Å². The van der Waals surface area contributed by atoms with Crippen molar-refractivity contribution >= 4 is 5.97 Å². The first-order valence-corrected chi connectivity index (χ1v) is 4.20. The number of aliphatic carboxylic acids is 1. The zero-order chi connectivity index (χ0) is 7.90. The lowest BCUT2D eigenvalue weighted by Crippen LogP contribution is -2.34. The largest absolute Gasteiger partial charge is 0.481 e. The predicted octanol–water partition coefficient (Wildman–Crippen LogP) is 0.461. The Bertz CT molecular complexity index is 181. The molecule has 62 valence electrons. The van der Waals surface area contributed by atoms with Gasteiger partial charge in [0.15, 0.2) is 0 Å². The Balaban J connectivity index is 2.26. The van der Waals surface area contributed by atoms with E-state index >= 15 is 0 Å². The molecule has 2 rings (SSSR count). The second kappa shape index (κ2) is 2.21. The Hall–Kier alpha value is -0.570. The van der Waals surface area contributed by atoms with Crippen LogP contribution in [0.25, 0.3) is 0 Å². The lowest BCUT2D eigenvalue weighted by Gasteiger charge is -2.21. The summed E-state index contributed by atoms with van der Waals surface area (Å²) in [6.07, 6.45) is 3.07. The molecule has 0 bridgehead atoms. The number of hydrogen-bond acceptors (Lipinski definition) is 2. The van der Waals surface area contributed by atoms with Crippen molar-refractivity contribution in [3.63, 3.8) is 0 Å². The number of carboxylic acid groups (broad SMARTS) is 1. The van der Waals surface area contributed by atoms with E-state index in [4.69, 9.17) is 5.11 Å². The van der Waals surface area contributed by atoms with Gasteiger partial charge in [0.1, 0.15) is 0 Å². The van der Waals surface area contributed by atoms with Crippen LogP contribution in [0.2, 0.25) is 0 Å². The van der Waals surface area contributed by atoms with Crippen molar-refractivity contribution in [2.24, 2.45) is 11.3 Å². The minimum absolute atomic E-state index is 0.389. The van der Waals surface area contributed by atoms with E-state index in [0.29, 0.717) is 12.5 Å². The summed E-state index contributed by atoms with van der Waals surface area (Å²) in [6, 6.07) is 0. The van der Waals surface area contributed by atoms with Crippen molar-refractivity contribution in [3.8, 4) is 0 Å². The Labute approximate surface area is 65.8 Å². The molecule has 2 aliphatic rings. The molecule has 1 saturated heterocycles. The molecule has 0 aromatic carbocycles. The van der Waals surface area contributed by atoms with Gasteiger partial charge >= 0.3 is 5.97 Å². The van der Waals surface area contributed by atoms with Gasteiger partial charge in [0.05, 0.1) is 5.41 Å². The molecule has 1 heterocycles. The standard InChI is InChI=1S/C8H13NO2/c10-7(11)8-3-1-2-6(8)4-9-5-8/h6,9H,1-5H2,(H,10,11)/t6-,8+/m1/s1. The lowest BCUT2D eigenvalue weighted by molar-refractivity contribution is -0.149. The zero-order valence-electron chi connectivity index (χ0n) is 6.47. The summed E-state index contributed by atoms with van der Waals surface area (Å²) in [7, 11) is 0. The maximum Gasteiger partial charge on any atom is 0.311 e. The average molecular weight is 155 g/mol. The average Bonchev–Trinajstić information content (AvgIpc) is 2.40. The van der Waals surface area contributed by atoms with Gasteiger partial charge in [0.2, 0.25) is 0 Å². The van der Waals surface area contributed by atoms with Crippen LogP contribution in [0.3, 0.4) is 0 Å². The number of carboxylic acids is 1. The van der Waals surface area contributed by atoms with Crippen molar-refractivity contribution in [2.45, 2.75) is 19.3 Å². The molecule has 3 heteroatoms. The van der Waals surface area contributed by atoms with Gasteiger partial charge < -0.3 is 10.4 Å². The van der Waals surface area contributed by atoms with Crippen LogP contribution in [-0.2, 0) is 4.79 Å². The summed E-state index contributed by atoms with van der Waals surface area (Å²) in [5.41, 5.74) is -0.389. The SMILES string of the molecule is O=C(O)[C@]12CCC[C@@H]1CNC2. The lowest BCUT2D eigenvalue weighted by atomic mass is 9.81. The Morgan fingerprint density at radius 1 is 1.64 bits per heavy atom. The number of nitrogens with one attached hydrogen (secondary N) is 1. The molecule has 2 N–H and O–H groups in total. The summed E-state index contributed by atoms with van der Waals surface area (Å²) in [6.45, 7) is 1.60. The summed E-state index contributed by atoms with van der Waals surface area (Å²) in [5, 5.41) is 12.2. The van der Waals surface area contributed by atoms with Crippen molar-refractivity contribution in [1.82, 2.24) is 5.32 Å². The van der Waals surface area contributed by atoms with Gasteiger partial charge in [-0.05, 0) is 25.3 Å². The molecule has 1 saturated carbocycles. The maximum atomic E-state index is 11.0. The number of carbonyl (C=O) groups is 1. The van der Waals surface area contributed by atoms with Gasteiger partial charge in [-0.2, -0.15) is 0 Å². The molecular formula is C8H13NO2. The smallest absolute Gasteiger partial charge is 0.311 e. The first kappa shape index (κ1) is 7.10. The van der Waals surface area contributed by atoms with Crippen molar-refractivity contribution in [2.75, 3.05) is 13.1 Å². The van der Waals surface area contributed by atoms with Gasteiger partial charge in [-0.15, -0.1) is 0 Å². The van der Waals surface area contributed by atoms with Crippen LogP contribution in [0, 0.1) is 11.3 Å². The minimum atomic E-state index is -0.593. The molecule has 0 spiro atoms. The second-order valence-electron chi connectivity index (χ2n) is 3.68. The van der Waals surface area contributed by atoms with Gasteiger partial charge in [-0.25, -0.2) is 0 Å². The van der Waals surface area contributed by atoms with Crippen LogP contribution < -0.4 is 5.32 Å². The Morgan fingerprint density at radius 2 is 2.45 bits per heavy atom. The van der Waals surface area contributed by atoms with E-state index in [1.54, 1.807) is 0 Å². The van der Waals surface area contributed by atoms with E-state index < -0.39 is 5.97 Å². The summed E-state index contributed by atoms with van der Waals surface area (Å²) >= 11 is 0. The maximum absolute atomic E-state index is 11.0. The third-order valence-electron chi connectivity index (χ3n) is 3.21. The van der Waals surface area contributed by atoms with Crippen molar-refractivity contribution in [3.05, 3.63) is 0 Å². The molecule has 0 amide bonds. The van der Waals surface area contributed by atoms with Gasteiger partial charge in [0, 0.05) is 6.54 Å². The first-order valence-electron chi connectivity index (χ1n) is 4.20. The van der Waals surface area contributed by atoms with Crippen molar-refractivity contribution in [1.29, 1.82) is 0 Å². The molecule has 1 aliphatic heterocycles. The number of rotatable bonds is 1. The Kier molecular flexibility index (Phi) is 1.42. The van der Waals surface area contributed by atoms with Crippen LogP contribution in [0.5, 0.6) is 0 Å². The second-order valence-corrected chi connectivity index (χ2v) is 3.68. The summed E-state index contributed by atoms with van der Waals surface area (Å²) in [4.78, 5) is 11.0. The van der Waals surface area contributed by atoms with Crippen LogP contribution in [0.4, 0.5) is 0 Å². The molecule has 0 radical (unpaired) electrons. The molecule has 2 atom stereocenters. The highest BCUT2D eigenvalue weighted by Crippen LogP contribution is 2.45. The quantitative estimate of drug-likeness (QED) is 0.578. The van der Waals surface area contributed by atoms with E-state index in [-0.39, 0.29) is 5.41 Å². The highest BCUT2D eigenvalue weighted by molar-refractivity contribution is 5.76. The van der Waals surface area contributed by atoms with Gasteiger partial charge in [-0.3, -0.25) is 4.79 Å². The highest BCUT2D eigenvalue weighted by Gasteiger charge is 2.51. The third kappa shape index (κ3) is 0.805. The van der Waals surface area contributed by atoms with Crippen LogP contribution in [-0.4, -0.2) is 24.2 Å². The van der Waals surface area contributed by atoms with Gasteiger partial charge in [-0.1, -0.05) is 6.42 Å². The van der Waals surface area contributed by atoms with Crippen molar-refractivity contribution < 1.29 is 9.90 Å². The van der Waals surface area contributed by atoms with E-state index in [1.807, 2.05) is 0 Å². The van der Waals surface area contributed by atoms with Crippen LogP contribution in [0.15, 0.2) is 0 Å². The first-order chi connectivity index (χ1) is 5.26. The van der Waals surface area contributed by atoms with E-state index in [2.05, 4.69) is 5.32 Å². The Morgan fingerprint density at radius 3 is 3.09 bits per heavy atom. The molecule has 2 fully saturated rings. The summed E-state index contributed by atoms with van der Waals surface area (Å²) < 4.78 is 0. The fourth-order valence-corrected chi connectivity index (χ4v) is 2.50.